The Kier molecular flexibility index (Phi) is 20.5. The lowest BCUT2D eigenvalue weighted by Gasteiger charge is -2.34. The van der Waals surface area contributed by atoms with Crippen molar-refractivity contribution in [3.63, 3.8) is 0 Å². The molecule has 0 bridgehead atoms. The lowest BCUT2D eigenvalue weighted by molar-refractivity contribution is -0.858. The number of nitrogens with zero attached hydrogens (tertiary/aromatic N) is 1. The molecular formula is C35H63NO6P+. The van der Waals surface area contributed by atoms with E-state index in [1.54, 1.807) is 0 Å². The molecule has 0 aliphatic carbocycles. The number of benzene rings is 1. The lowest BCUT2D eigenvalue weighted by atomic mass is 10.0. The first-order valence-electron chi connectivity index (χ1n) is 17.3. The van der Waals surface area contributed by atoms with Crippen molar-refractivity contribution in [1.29, 1.82) is 0 Å². The molecular weight excluding hydrogens is 561 g/mol. The monoisotopic (exact) mass is 624 g/mol. The number of phosphoric acid groups is 1. The van der Waals surface area contributed by atoms with Gasteiger partial charge < -0.3 is 14.0 Å². The maximum absolute atomic E-state index is 12.5. The van der Waals surface area contributed by atoms with E-state index in [1.807, 2.05) is 18.2 Å². The molecule has 0 aromatic heterocycles. The molecule has 1 aromatic carbocycles. The van der Waals surface area contributed by atoms with E-state index in [9.17, 15) is 9.46 Å². The zero-order valence-corrected chi connectivity index (χ0v) is 28.6. The fourth-order valence-electron chi connectivity index (χ4n) is 5.56. The van der Waals surface area contributed by atoms with Crippen LogP contribution in [0.4, 0.5) is 0 Å². The van der Waals surface area contributed by atoms with Gasteiger partial charge in [0.2, 0.25) is 0 Å². The topological polar surface area (TPSA) is 74.2 Å². The van der Waals surface area contributed by atoms with Crippen molar-refractivity contribution >= 4 is 7.82 Å². The Hall–Kier alpha value is -1.21. The summed E-state index contributed by atoms with van der Waals surface area (Å²) < 4.78 is 35.8. The van der Waals surface area contributed by atoms with Gasteiger partial charge in [-0.15, -0.1) is 0 Å². The zero-order valence-electron chi connectivity index (χ0n) is 27.7. The highest BCUT2D eigenvalue weighted by Crippen LogP contribution is 2.44. The minimum atomic E-state index is -4.21. The highest BCUT2D eigenvalue weighted by Gasteiger charge is 2.29. The number of allylic oxidation sites excluding steroid dienone is 1. The Morgan fingerprint density at radius 1 is 0.814 bits per heavy atom. The number of unbranched alkanes of at least 4 members (excludes halogenated alkanes) is 13. The SMILES string of the molecule is CCCCCCCCCCCCCCCCOC(CCOP(=O)(O)OC=C1CCCC[N+]1(C)C)OCCc1ccccc1. The summed E-state index contributed by atoms with van der Waals surface area (Å²) in [6.07, 6.45) is 23.6. The third-order valence-corrected chi connectivity index (χ3v) is 9.33. The fourth-order valence-corrected chi connectivity index (χ4v) is 6.21. The second-order valence-corrected chi connectivity index (χ2v) is 14.1. The minimum Gasteiger partial charge on any atom is -0.406 e. The van der Waals surface area contributed by atoms with Crippen LogP contribution in [0.25, 0.3) is 0 Å². The van der Waals surface area contributed by atoms with Crippen LogP contribution in [-0.2, 0) is 29.5 Å². The molecule has 2 unspecified atom stereocenters. The molecule has 0 amide bonds. The second kappa shape index (κ2) is 23.2. The van der Waals surface area contributed by atoms with Gasteiger partial charge in [-0.1, -0.05) is 121 Å². The highest BCUT2D eigenvalue weighted by molar-refractivity contribution is 7.47. The number of hydrogen-bond acceptors (Lipinski definition) is 5. The molecule has 2 atom stereocenters. The van der Waals surface area contributed by atoms with Gasteiger partial charge in [0, 0.05) is 19.4 Å². The molecule has 7 nitrogen and oxygen atoms in total. The molecule has 8 heteroatoms. The smallest absolute Gasteiger partial charge is 0.406 e. The van der Waals surface area contributed by atoms with Crippen molar-refractivity contribution in [3.8, 4) is 0 Å². The lowest BCUT2D eigenvalue weighted by Crippen LogP contribution is -2.41. The van der Waals surface area contributed by atoms with Crippen LogP contribution in [0.1, 0.15) is 128 Å². The van der Waals surface area contributed by atoms with Gasteiger partial charge in [0.15, 0.2) is 12.6 Å². The predicted molar refractivity (Wildman–Crippen MR) is 177 cm³/mol. The largest absolute Gasteiger partial charge is 0.527 e. The maximum Gasteiger partial charge on any atom is 0.527 e. The van der Waals surface area contributed by atoms with Gasteiger partial charge in [-0.05, 0) is 31.2 Å². The Labute approximate surface area is 263 Å². The molecule has 1 N–H and O–H groups in total. The summed E-state index contributed by atoms with van der Waals surface area (Å²) in [5, 5.41) is 0. The Morgan fingerprint density at radius 2 is 1.40 bits per heavy atom. The first-order valence-corrected chi connectivity index (χ1v) is 18.8. The molecule has 1 aromatic rings. The van der Waals surface area contributed by atoms with Crippen LogP contribution in [0.5, 0.6) is 0 Å². The number of piperidine rings is 1. The molecule has 1 fully saturated rings. The van der Waals surface area contributed by atoms with Crippen molar-refractivity contribution in [3.05, 3.63) is 47.9 Å². The van der Waals surface area contributed by atoms with Crippen LogP contribution in [-0.4, -0.2) is 56.1 Å². The van der Waals surface area contributed by atoms with Gasteiger partial charge >= 0.3 is 7.82 Å². The van der Waals surface area contributed by atoms with Crippen LogP contribution >= 0.6 is 7.82 Å². The van der Waals surface area contributed by atoms with Crippen molar-refractivity contribution in [2.24, 2.45) is 0 Å². The van der Waals surface area contributed by atoms with E-state index in [0.717, 1.165) is 50.8 Å². The molecule has 1 saturated heterocycles. The maximum atomic E-state index is 12.5. The number of likely N-dealkylation sites (tertiary alicyclic amines) is 1. The number of hydrogen-bond donors (Lipinski definition) is 1. The average Bonchev–Trinajstić information content (AvgIpc) is 2.98. The molecule has 1 heterocycles. The van der Waals surface area contributed by atoms with Crippen LogP contribution in [0, 0.1) is 0 Å². The summed E-state index contributed by atoms with van der Waals surface area (Å²) in [7, 11) is -0.0307. The molecule has 0 saturated carbocycles. The van der Waals surface area contributed by atoms with Crippen molar-refractivity contribution in [2.75, 3.05) is 40.5 Å². The van der Waals surface area contributed by atoms with E-state index in [1.165, 1.54) is 88.9 Å². The molecule has 0 radical (unpaired) electrons. The van der Waals surface area contributed by atoms with Gasteiger partial charge in [-0.3, -0.25) is 13.9 Å². The van der Waals surface area contributed by atoms with Crippen LogP contribution < -0.4 is 0 Å². The summed E-state index contributed by atoms with van der Waals surface area (Å²) >= 11 is 0. The summed E-state index contributed by atoms with van der Waals surface area (Å²) in [4.78, 5) is 10.2. The van der Waals surface area contributed by atoms with E-state index in [4.69, 9.17) is 18.5 Å². The third kappa shape index (κ3) is 19.0. The number of ether oxygens (including phenoxy) is 2. The second-order valence-electron chi connectivity index (χ2n) is 12.7. The first-order chi connectivity index (χ1) is 20.8. The molecule has 43 heavy (non-hydrogen) atoms. The number of rotatable bonds is 26. The van der Waals surface area contributed by atoms with E-state index in [0.29, 0.717) is 24.1 Å². The standard InChI is InChI=1S/C35H62NO6P/c1-4-5-6-7-8-9-10-11-12-13-14-15-16-22-29-39-35(40-30-26-33-23-18-17-19-24-33)27-31-41-43(37,38)42-32-34-25-20-21-28-36(34,2)3/h17-19,23-24,32,35H,4-16,20-22,25-31H2,1-3H3/p+1. The molecule has 248 valence electrons. The predicted octanol–water partition coefficient (Wildman–Crippen LogP) is 9.70. The van der Waals surface area contributed by atoms with Gasteiger partial charge in [0.05, 0.1) is 33.9 Å². The van der Waals surface area contributed by atoms with Crippen molar-refractivity contribution in [2.45, 2.75) is 135 Å². The Balaban J connectivity index is 1.63. The molecule has 1 aliphatic heterocycles. The van der Waals surface area contributed by atoms with E-state index >= 15 is 0 Å². The highest BCUT2D eigenvalue weighted by atomic mass is 31.2. The van der Waals surface area contributed by atoms with Crippen LogP contribution in [0.2, 0.25) is 0 Å². The summed E-state index contributed by atoms with van der Waals surface area (Å²) in [6, 6.07) is 10.2. The number of quaternary nitrogens is 1. The summed E-state index contributed by atoms with van der Waals surface area (Å²) in [6.45, 7) is 4.41. The van der Waals surface area contributed by atoms with E-state index < -0.39 is 14.1 Å². The van der Waals surface area contributed by atoms with E-state index in [2.05, 4.69) is 33.2 Å². The quantitative estimate of drug-likeness (QED) is 0.0364. The Morgan fingerprint density at radius 3 is 2.00 bits per heavy atom. The van der Waals surface area contributed by atoms with Crippen molar-refractivity contribution < 1.29 is 32.5 Å². The first kappa shape index (κ1) is 38.0. The molecule has 0 spiro atoms. The van der Waals surface area contributed by atoms with Gasteiger partial charge in [0.25, 0.3) is 0 Å². The van der Waals surface area contributed by atoms with Gasteiger partial charge in [0.1, 0.15) is 5.70 Å². The van der Waals surface area contributed by atoms with Gasteiger partial charge in [-0.2, -0.15) is 0 Å². The minimum absolute atomic E-state index is 0.0178. The zero-order chi connectivity index (χ0) is 31.1. The molecule has 1 aliphatic rings. The normalized spacial score (nSPS) is 18.0. The average molecular weight is 625 g/mol. The summed E-state index contributed by atoms with van der Waals surface area (Å²) in [5.74, 6) is 0. The van der Waals surface area contributed by atoms with Crippen molar-refractivity contribution in [1.82, 2.24) is 0 Å². The van der Waals surface area contributed by atoms with E-state index in [-0.39, 0.29) is 6.61 Å². The van der Waals surface area contributed by atoms with Crippen LogP contribution in [0.15, 0.2) is 42.3 Å². The summed E-state index contributed by atoms with van der Waals surface area (Å²) in [5.41, 5.74) is 2.21. The molecule has 2 rings (SSSR count). The fraction of sp³-hybridized carbons (Fsp3) is 0.771. The van der Waals surface area contributed by atoms with Gasteiger partial charge in [-0.25, -0.2) is 4.57 Å². The van der Waals surface area contributed by atoms with Crippen LogP contribution in [0.3, 0.4) is 0 Å². The Bertz CT molecular complexity index is 894. The third-order valence-electron chi connectivity index (χ3n) is 8.45. The number of phosphoric ester groups is 1.